The smallest absolute Gasteiger partial charge is 0.200 e. The van der Waals surface area contributed by atoms with Crippen LogP contribution in [0.5, 0.6) is 5.75 Å². The van der Waals surface area contributed by atoms with Crippen molar-refractivity contribution in [1.29, 1.82) is 0 Å². The van der Waals surface area contributed by atoms with Crippen LogP contribution in [0.15, 0.2) is 24.8 Å². The molecule has 20 heavy (non-hydrogen) atoms. The number of piperazine rings is 1. The molecule has 1 atom stereocenters. The van der Waals surface area contributed by atoms with Crippen molar-refractivity contribution in [3.63, 3.8) is 0 Å². The van der Waals surface area contributed by atoms with Crippen LogP contribution in [0, 0.1) is 11.6 Å². The Morgan fingerprint density at radius 3 is 2.40 bits per heavy atom. The van der Waals surface area contributed by atoms with Gasteiger partial charge in [0.25, 0.3) is 0 Å². The van der Waals surface area contributed by atoms with Crippen molar-refractivity contribution >= 4 is 24.8 Å². The quantitative estimate of drug-likeness (QED) is 0.838. The molecule has 0 spiro atoms. The Morgan fingerprint density at radius 1 is 1.25 bits per heavy atom. The van der Waals surface area contributed by atoms with E-state index in [0.717, 1.165) is 32.2 Å². The maximum Gasteiger partial charge on any atom is 0.200 e. The summed E-state index contributed by atoms with van der Waals surface area (Å²) in [7, 11) is 0. The molecule has 1 aromatic rings. The predicted octanol–water partition coefficient (Wildman–Crippen LogP) is 2.65. The zero-order valence-corrected chi connectivity index (χ0v) is 12.4. The van der Waals surface area contributed by atoms with Gasteiger partial charge in [0.1, 0.15) is 0 Å². The SMILES string of the molecule is C=C[C@H](c1ccc(F)c(F)c1O)N1CCNCC1.Cl.Cl. The molecule has 0 aromatic heterocycles. The molecule has 2 rings (SSSR count). The number of phenols is 1. The van der Waals surface area contributed by atoms with Gasteiger partial charge >= 0.3 is 0 Å². The first-order valence-electron chi connectivity index (χ1n) is 5.89. The molecule has 1 fully saturated rings. The average Bonchev–Trinajstić information content (AvgIpc) is 2.41. The lowest BCUT2D eigenvalue weighted by Gasteiger charge is -2.33. The number of benzene rings is 1. The summed E-state index contributed by atoms with van der Waals surface area (Å²) in [6, 6.07) is 2.13. The average molecular weight is 327 g/mol. The van der Waals surface area contributed by atoms with Crippen molar-refractivity contribution in [2.24, 2.45) is 0 Å². The second-order valence-electron chi connectivity index (χ2n) is 4.27. The summed E-state index contributed by atoms with van der Waals surface area (Å²) in [6.07, 6.45) is 1.64. The van der Waals surface area contributed by atoms with Crippen molar-refractivity contribution in [1.82, 2.24) is 10.2 Å². The first kappa shape index (κ1) is 19.1. The van der Waals surface area contributed by atoms with E-state index in [1.807, 2.05) is 0 Å². The predicted molar refractivity (Wildman–Crippen MR) is 79.9 cm³/mol. The highest BCUT2D eigenvalue weighted by Gasteiger charge is 2.24. The Labute approximate surface area is 129 Å². The Hall–Kier alpha value is -0.880. The molecule has 0 radical (unpaired) electrons. The van der Waals surface area contributed by atoms with Gasteiger partial charge in [-0.3, -0.25) is 4.90 Å². The molecule has 0 amide bonds. The van der Waals surface area contributed by atoms with E-state index < -0.39 is 17.4 Å². The minimum absolute atomic E-state index is 0. The van der Waals surface area contributed by atoms with E-state index >= 15 is 0 Å². The normalized spacial score (nSPS) is 16.7. The molecule has 114 valence electrons. The first-order valence-corrected chi connectivity index (χ1v) is 5.89. The molecule has 0 saturated carbocycles. The van der Waals surface area contributed by atoms with Crippen LogP contribution in [-0.4, -0.2) is 36.2 Å². The molecule has 0 unspecified atom stereocenters. The fourth-order valence-electron chi connectivity index (χ4n) is 2.23. The zero-order chi connectivity index (χ0) is 13.1. The lowest BCUT2D eigenvalue weighted by Crippen LogP contribution is -2.44. The minimum atomic E-state index is -1.20. The third-order valence-electron chi connectivity index (χ3n) is 3.19. The van der Waals surface area contributed by atoms with Crippen LogP contribution in [0.1, 0.15) is 11.6 Å². The first-order chi connectivity index (χ1) is 8.65. The van der Waals surface area contributed by atoms with Gasteiger partial charge in [0.2, 0.25) is 5.82 Å². The zero-order valence-electron chi connectivity index (χ0n) is 10.8. The molecule has 0 aliphatic carbocycles. The maximum absolute atomic E-state index is 13.4. The Bertz CT molecular complexity index is 454. The van der Waals surface area contributed by atoms with E-state index in [-0.39, 0.29) is 30.9 Å². The fourth-order valence-corrected chi connectivity index (χ4v) is 2.23. The molecule has 0 bridgehead atoms. The second kappa shape index (κ2) is 8.42. The number of rotatable bonds is 3. The van der Waals surface area contributed by atoms with Crippen molar-refractivity contribution in [3.05, 3.63) is 42.0 Å². The van der Waals surface area contributed by atoms with E-state index in [4.69, 9.17) is 0 Å². The highest BCUT2D eigenvalue weighted by Crippen LogP contribution is 2.32. The van der Waals surface area contributed by atoms with Crippen molar-refractivity contribution in [2.45, 2.75) is 6.04 Å². The van der Waals surface area contributed by atoms with Gasteiger partial charge in [-0.25, -0.2) is 4.39 Å². The van der Waals surface area contributed by atoms with E-state index in [2.05, 4.69) is 16.8 Å². The Kier molecular flexibility index (Phi) is 8.05. The molecule has 2 N–H and O–H groups in total. The summed E-state index contributed by atoms with van der Waals surface area (Å²) in [4.78, 5) is 2.07. The van der Waals surface area contributed by atoms with Crippen LogP contribution < -0.4 is 5.32 Å². The van der Waals surface area contributed by atoms with Crippen LogP contribution in [0.3, 0.4) is 0 Å². The Morgan fingerprint density at radius 2 is 1.85 bits per heavy atom. The van der Waals surface area contributed by atoms with Gasteiger partial charge in [-0.05, 0) is 6.07 Å². The van der Waals surface area contributed by atoms with Gasteiger partial charge in [0, 0.05) is 31.7 Å². The molecule has 3 nitrogen and oxygen atoms in total. The van der Waals surface area contributed by atoms with Gasteiger partial charge in [0.05, 0.1) is 6.04 Å². The minimum Gasteiger partial charge on any atom is -0.505 e. The number of halogens is 4. The van der Waals surface area contributed by atoms with Crippen molar-refractivity contribution < 1.29 is 13.9 Å². The van der Waals surface area contributed by atoms with E-state index in [1.165, 1.54) is 6.07 Å². The lowest BCUT2D eigenvalue weighted by molar-refractivity contribution is 0.200. The molecule has 1 aliphatic rings. The molecule has 7 heteroatoms. The largest absolute Gasteiger partial charge is 0.505 e. The van der Waals surface area contributed by atoms with Crippen LogP contribution >= 0.6 is 24.8 Å². The number of hydrogen-bond acceptors (Lipinski definition) is 3. The van der Waals surface area contributed by atoms with Gasteiger partial charge in [-0.1, -0.05) is 12.1 Å². The van der Waals surface area contributed by atoms with Gasteiger partial charge < -0.3 is 10.4 Å². The standard InChI is InChI=1S/C13H16F2N2O.2ClH/c1-2-11(17-7-5-16-6-8-17)9-3-4-10(14)12(15)13(9)18;;/h2-4,11,16,18H,1,5-8H2;2*1H/t11-;;/m1../s1. The molecular weight excluding hydrogens is 309 g/mol. The third-order valence-corrected chi connectivity index (χ3v) is 3.19. The number of hydrogen-bond donors (Lipinski definition) is 2. The van der Waals surface area contributed by atoms with Crippen LogP contribution in [0.4, 0.5) is 8.78 Å². The van der Waals surface area contributed by atoms with E-state index in [9.17, 15) is 13.9 Å². The van der Waals surface area contributed by atoms with Crippen LogP contribution in [0.25, 0.3) is 0 Å². The van der Waals surface area contributed by atoms with Gasteiger partial charge in [0.15, 0.2) is 11.6 Å². The van der Waals surface area contributed by atoms with Gasteiger partial charge in [-0.15, -0.1) is 31.4 Å². The second-order valence-corrected chi connectivity index (χ2v) is 4.27. The number of phenolic OH excluding ortho intramolecular Hbond substituents is 1. The topological polar surface area (TPSA) is 35.5 Å². The molecule has 1 heterocycles. The Balaban J connectivity index is 0.00000180. The lowest BCUT2D eigenvalue weighted by atomic mass is 10.0. The van der Waals surface area contributed by atoms with Crippen LogP contribution in [0.2, 0.25) is 0 Å². The van der Waals surface area contributed by atoms with Crippen molar-refractivity contribution in [3.8, 4) is 5.75 Å². The van der Waals surface area contributed by atoms with Gasteiger partial charge in [-0.2, -0.15) is 4.39 Å². The summed E-state index contributed by atoms with van der Waals surface area (Å²) in [6.45, 7) is 6.92. The highest BCUT2D eigenvalue weighted by atomic mass is 35.5. The molecular formula is C13H18Cl2F2N2O. The highest BCUT2D eigenvalue weighted by molar-refractivity contribution is 5.85. The summed E-state index contributed by atoms with van der Waals surface area (Å²) in [5, 5.41) is 12.9. The maximum atomic E-state index is 13.4. The molecule has 1 aliphatic heterocycles. The van der Waals surface area contributed by atoms with Crippen molar-refractivity contribution in [2.75, 3.05) is 26.2 Å². The summed E-state index contributed by atoms with van der Waals surface area (Å²) < 4.78 is 26.3. The fraction of sp³-hybridized carbons (Fsp3) is 0.385. The number of nitrogens with zero attached hydrogens (tertiary/aromatic N) is 1. The molecule has 1 aromatic carbocycles. The van der Waals surface area contributed by atoms with Crippen LogP contribution in [-0.2, 0) is 0 Å². The number of nitrogens with one attached hydrogen (secondary N) is 1. The molecule has 1 saturated heterocycles. The third kappa shape index (κ3) is 3.82. The number of aromatic hydroxyl groups is 1. The summed E-state index contributed by atoms with van der Waals surface area (Å²) in [5.41, 5.74) is 0.353. The summed E-state index contributed by atoms with van der Waals surface area (Å²) >= 11 is 0. The van der Waals surface area contributed by atoms with E-state index in [0.29, 0.717) is 5.56 Å². The monoisotopic (exact) mass is 326 g/mol. The van der Waals surface area contributed by atoms with E-state index in [1.54, 1.807) is 6.08 Å². The summed E-state index contributed by atoms with van der Waals surface area (Å²) in [5.74, 6) is -2.87.